The summed E-state index contributed by atoms with van der Waals surface area (Å²) in [5.74, 6) is 0.192. The number of carbonyl (C=O) groups excluding carboxylic acids is 2. The van der Waals surface area contributed by atoms with Crippen molar-refractivity contribution < 1.29 is 14.3 Å². The molecule has 1 aliphatic rings. The molecule has 1 atom stereocenters. The topological polar surface area (TPSA) is 71.5 Å². The van der Waals surface area contributed by atoms with Crippen LogP contribution in [0.1, 0.15) is 17.7 Å². The van der Waals surface area contributed by atoms with Gasteiger partial charge in [0.25, 0.3) is 0 Å². The van der Waals surface area contributed by atoms with Crippen LogP contribution in [0.3, 0.4) is 0 Å². The Morgan fingerprint density at radius 3 is 2.71 bits per heavy atom. The Hall–Kier alpha value is -3.67. The van der Waals surface area contributed by atoms with Crippen molar-refractivity contribution in [2.45, 2.75) is 19.4 Å². The zero-order valence-corrected chi connectivity index (χ0v) is 17.2. The summed E-state index contributed by atoms with van der Waals surface area (Å²) in [5, 5.41) is 2.92. The van der Waals surface area contributed by atoms with E-state index in [1.165, 1.54) is 5.56 Å². The number of amides is 2. The highest BCUT2D eigenvalue weighted by Crippen LogP contribution is 2.23. The van der Waals surface area contributed by atoms with E-state index in [1.807, 2.05) is 66.7 Å². The van der Waals surface area contributed by atoms with E-state index in [-0.39, 0.29) is 24.2 Å². The lowest BCUT2D eigenvalue weighted by Crippen LogP contribution is -2.30. The van der Waals surface area contributed by atoms with E-state index in [4.69, 9.17) is 4.74 Å². The van der Waals surface area contributed by atoms with Gasteiger partial charge in [0.15, 0.2) is 0 Å². The monoisotopic (exact) mass is 415 g/mol. The Bertz CT molecular complexity index is 1020. The van der Waals surface area contributed by atoms with Crippen molar-refractivity contribution in [3.8, 4) is 5.75 Å². The Morgan fingerprint density at radius 2 is 1.90 bits per heavy atom. The number of rotatable bonds is 8. The molecule has 0 radical (unpaired) electrons. The van der Waals surface area contributed by atoms with Crippen LogP contribution in [0.2, 0.25) is 0 Å². The number of nitrogens with one attached hydrogen (secondary N) is 1. The minimum absolute atomic E-state index is 0.0310. The van der Waals surface area contributed by atoms with E-state index >= 15 is 0 Å². The van der Waals surface area contributed by atoms with Gasteiger partial charge in [-0.3, -0.25) is 14.6 Å². The predicted molar refractivity (Wildman–Crippen MR) is 118 cm³/mol. The van der Waals surface area contributed by atoms with Crippen molar-refractivity contribution in [3.63, 3.8) is 0 Å². The molecule has 0 bridgehead atoms. The SMILES string of the molecule is O=C(Nc1cccc(OCc2ccccn2)c1)C1CC(=O)N(CCc2ccccc2)C1. The maximum absolute atomic E-state index is 12.7. The zero-order chi connectivity index (χ0) is 21.5. The molecule has 0 spiro atoms. The van der Waals surface area contributed by atoms with Crippen LogP contribution in [0, 0.1) is 5.92 Å². The third-order valence-electron chi connectivity index (χ3n) is 5.31. The van der Waals surface area contributed by atoms with Crippen molar-refractivity contribution in [3.05, 3.63) is 90.3 Å². The Labute approximate surface area is 181 Å². The second-order valence-corrected chi connectivity index (χ2v) is 7.60. The summed E-state index contributed by atoms with van der Waals surface area (Å²) < 4.78 is 5.77. The average Bonchev–Trinajstić information content (AvgIpc) is 3.19. The molecule has 1 N–H and O–H groups in total. The number of carbonyl (C=O) groups is 2. The predicted octanol–water partition coefficient (Wildman–Crippen LogP) is 3.69. The van der Waals surface area contributed by atoms with Crippen molar-refractivity contribution >= 4 is 17.5 Å². The average molecular weight is 415 g/mol. The number of likely N-dealkylation sites (tertiary alicyclic amines) is 1. The maximum atomic E-state index is 12.7. The number of hydrogen-bond acceptors (Lipinski definition) is 4. The molecule has 6 heteroatoms. The Kier molecular flexibility index (Phi) is 6.57. The molecule has 2 amide bonds. The van der Waals surface area contributed by atoms with Gasteiger partial charge in [-0.25, -0.2) is 0 Å². The van der Waals surface area contributed by atoms with Gasteiger partial charge < -0.3 is 15.0 Å². The molecule has 6 nitrogen and oxygen atoms in total. The quantitative estimate of drug-likeness (QED) is 0.609. The second-order valence-electron chi connectivity index (χ2n) is 7.60. The lowest BCUT2D eigenvalue weighted by molar-refractivity contribution is -0.128. The van der Waals surface area contributed by atoms with Crippen molar-refractivity contribution in [2.24, 2.45) is 5.92 Å². The van der Waals surface area contributed by atoms with E-state index in [0.717, 1.165) is 12.1 Å². The van der Waals surface area contributed by atoms with Crippen LogP contribution in [-0.4, -0.2) is 34.8 Å². The number of benzene rings is 2. The minimum Gasteiger partial charge on any atom is -0.487 e. The lowest BCUT2D eigenvalue weighted by Gasteiger charge is -2.16. The first-order chi connectivity index (χ1) is 15.2. The highest BCUT2D eigenvalue weighted by atomic mass is 16.5. The highest BCUT2D eigenvalue weighted by molar-refractivity contribution is 5.97. The smallest absolute Gasteiger partial charge is 0.229 e. The van der Waals surface area contributed by atoms with Crippen LogP contribution < -0.4 is 10.1 Å². The summed E-state index contributed by atoms with van der Waals surface area (Å²) in [6, 6.07) is 23.0. The van der Waals surface area contributed by atoms with E-state index in [9.17, 15) is 9.59 Å². The van der Waals surface area contributed by atoms with E-state index < -0.39 is 0 Å². The third-order valence-corrected chi connectivity index (χ3v) is 5.31. The standard InChI is InChI=1S/C25H25N3O3/c29-24-15-20(17-28(24)14-12-19-7-2-1-3-8-19)25(30)27-21-10-6-11-23(16-21)31-18-22-9-4-5-13-26-22/h1-11,13,16,20H,12,14-15,17-18H2,(H,27,30). The fraction of sp³-hybridized carbons (Fsp3) is 0.240. The molecule has 158 valence electrons. The van der Waals surface area contributed by atoms with Crippen molar-refractivity contribution in [1.29, 1.82) is 0 Å². The van der Waals surface area contributed by atoms with Crippen LogP contribution in [0.25, 0.3) is 0 Å². The number of anilines is 1. The summed E-state index contributed by atoms with van der Waals surface area (Å²) >= 11 is 0. The van der Waals surface area contributed by atoms with Gasteiger partial charge in [-0.2, -0.15) is 0 Å². The summed E-state index contributed by atoms with van der Waals surface area (Å²) in [4.78, 5) is 31.1. The molecule has 4 rings (SSSR count). The van der Waals surface area contributed by atoms with Crippen LogP contribution in [0.4, 0.5) is 5.69 Å². The molecular weight excluding hydrogens is 390 g/mol. The number of pyridine rings is 1. The summed E-state index contributed by atoms with van der Waals surface area (Å²) in [5.41, 5.74) is 2.67. The maximum Gasteiger partial charge on any atom is 0.229 e. The number of ether oxygens (including phenoxy) is 1. The molecule has 3 aromatic rings. The first-order valence-electron chi connectivity index (χ1n) is 10.4. The molecule has 1 aromatic heterocycles. The molecular formula is C25H25N3O3. The number of aromatic nitrogens is 1. The van der Waals surface area contributed by atoms with Crippen molar-refractivity contribution in [2.75, 3.05) is 18.4 Å². The summed E-state index contributed by atoms with van der Waals surface area (Å²) in [6.07, 6.45) is 2.76. The van der Waals surface area contributed by atoms with Gasteiger partial charge in [0.1, 0.15) is 12.4 Å². The van der Waals surface area contributed by atoms with Crippen LogP contribution in [-0.2, 0) is 22.6 Å². The Morgan fingerprint density at radius 1 is 1.06 bits per heavy atom. The molecule has 0 aliphatic carbocycles. The lowest BCUT2D eigenvalue weighted by atomic mass is 10.1. The minimum atomic E-state index is -0.346. The van der Waals surface area contributed by atoms with Gasteiger partial charge in [-0.05, 0) is 36.2 Å². The van der Waals surface area contributed by atoms with E-state index in [2.05, 4.69) is 10.3 Å². The van der Waals surface area contributed by atoms with Gasteiger partial charge >= 0.3 is 0 Å². The largest absolute Gasteiger partial charge is 0.487 e. The third kappa shape index (κ3) is 5.69. The highest BCUT2D eigenvalue weighted by Gasteiger charge is 2.34. The first-order valence-corrected chi connectivity index (χ1v) is 10.4. The number of nitrogens with zero attached hydrogens (tertiary/aromatic N) is 2. The van der Waals surface area contributed by atoms with Crippen molar-refractivity contribution in [1.82, 2.24) is 9.88 Å². The van der Waals surface area contributed by atoms with Crippen LogP contribution in [0.15, 0.2) is 79.0 Å². The fourth-order valence-corrected chi connectivity index (χ4v) is 3.62. The molecule has 2 aromatic carbocycles. The Balaban J connectivity index is 1.29. The summed E-state index contributed by atoms with van der Waals surface area (Å²) in [7, 11) is 0. The molecule has 0 saturated carbocycles. The van der Waals surface area contributed by atoms with Gasteiger partial charge in [-0.15, -0.1) is 0 Å². The van der Waals surface area contributed by atoms with Crippen LogP contribution in [0.5, 0.6) is 5.75 Å². The first kappa shape index (κ1) is 20.6. The molecule has 2 heterocycles. The zero-order valence-electron chi connectivity index (χ0n) is 17.2. The van der Waals surface area contributed by atoms with E-state index in [0.29, 0.717) is 31.1 Å². The van der Waals surface area contributed by atoms with Gasteiger partial charge in [0.05, 0.1) is 11.6 Å². The molecule has 1 fully saturated rings. The molecule has 1 saturated heterocycles. The summed E-state index contributed by atoms with van der Waals surface area (Å²) in [6.45, 7) is 1.43. The fourth-order valence-electron chi connectivity index (χ4n) is 3.62. The molecule has 1 unspecified atom stereocenters. The van der Waals surface area contributed by atoms with Gasteiger partial charge in [0, 0.05) is 37.5 Å². The molecule has 1 aliphatic heterocycles. The normalized spacial score (nSPS) is 15.7. The van der Waals surface area contributed by atoms with Crippen LogP contribution >= 0.6 is 0 Å². The van der Waals surface area contributed by atoms with Gasteiger partial charge in [-0.1, -0.05) is 42.5 Å². The number of hydrogen-bond donors (Lipinski definition) is 1. The second kappa shape index (κ2) is 9.89. The van der Waals surface area contributed by atoms with E-state index in [1.54, 1.807) is 17.2 Å². The molecule has 31 heavy (non-hydrogen) atoms. The van der Waals surface area contributed by atoms with Gasteiger partial charge in [0.2, 0.25) is 11.8 Å².